The van der Waals surface area contributed by atoms with Crippen molar-refractivity contribution in [3.63, 3.8) is 0 Å². The van der Waals surface area contributed by atoms with Crippen molar-refractivity contribution in [3.8, 4) is 0 Å². The number of halogens is 1. The van der Waals surface area contributed by atoms with Crippen LogP contribution in [0.25, 0.3) is 0 Å². The number of ketones is 1. The molecule has 1 aromatic rings. The number of nitrogens with zero attached hydrogens (tertiary/aromatic N) is 1. The van der Waals surface area contributed by atoms with Crippen LogP contribution in [-0.2, 0) is 4.74 Å². The van der Waals surface area contributed by atoms with Gasteiger partial charge < -0.3 is 9.64 Å². The summed E-state index contributed by atoms with van der Waals surface area (Å²) in [7, 11) is 1.75. The standard InChI is InChI=1S/C17H24FNO2/c1-21-13-14-4-2-10-19(12-14)11-3-5-17(20)15-6-8-16(18)9-7-15/h6-9,14H,2-5,10-13H2,1H3. The molecule has 0 radical (unpaired) electrons. The SMILES string of the molecule is COCC1CCCN(CCCC(=O)c2ccc(F)cc2)C1. The first kappa shape index (κ1) is 16.1. The zero-order valence-corrected chi connectivity index (χ0v) is 12.7. The highest BCUT2D eigenvalue weighted by Crippen LogP contribution is 2.17. The van der Waals surface area contributed by atoms with Gasteiger partial charge in [-0.2, -0.15) is 0 Å². The van der Waals surface area contributed by atoms with E-state index in [1.165, 1.54) is 25.0 Å². The van der Waals surface area contributed by atoms with Gasteiger partial charge in [-0.1, -0.05) is 0 Å². The molecule has 0 N–H and O–H groups in total. The second kappa shape index (κ2) is 8.25. The second-order valence-corrected chi connectivity index (χ2v) is 5.80. The topological polar surface area (TPSA) is 29.5 Å². The minimum Gasteiger partial charge on any atom is -0.384 e. The minimum absolute atomic E-state index is 0.0976. The van der Waals surface area contributed by atoms with E-state index in [0.29, 0.717) is 17.9 Å². The third kappa shape index (κ3) is 5.21. The molecule has 2 rings (SSSR count). The first-order valence-electron chi connectivity index (χ1n) is 7.69. The minimum atomic E-state index is -0.302. The molecule has 0 aliphatic carbocycles. The van der Waals surface area contributed by atoms with Crippen molar-refractivity contribution in [1.82, 2.24) is 4.90 Å². The predicted molar refractivity (Wildman–Crippen MR) is 81.0 cm³/mol. The summed E-state index contributed by atoms with van der Waals surface area (Å²) in [5, 5.41) is 0. The Morgan fingerprint density at radius 3 is 2.86 bits per heavy atom. The van der Waals surface area contributed by atoms with E-state index in [4.69, 9.17) is 4.74 Å². The first-order chi connectivity index (χ1) is 10.2. The van der Waals surface area contributed by atoms with Gasteiger partial charge >= 0.3 is 0 Å². The molecule has 1 saturated heterocycles. The maximum absolute atomic E-state index is 12.8. The van der Waals surface area contributed by atoms with E-state index in [-0.39, 0.29) is 11.6 Å². The van der Waals surface area contributed by atoms with Crippen molar-refractivity contribution < 1.29 is 13.9 Å². The largest absolute Gasteiger partial charge is 0.384 e. The summed E-state index contributed by atoms with van der Waals surface area (Å²) in [6, 6.07) is 5.81. The molecule has 1 aliphatic heterocycles. The van der Waals surface area contributed by atoms with E-state index in [2.05, 4.69) is 4.90 Å². The number of ether oxygens (including phenoxy) is 1. The van der Waals surface area contributed by atoms with Crippen LogP contribution < -0.4 is 0 Å². The number of likely N-dealkylation sites (tertiary alicyclic amines) is 1. The number of Topliss-reactive ketones (excluding diaryl/α,β-unsaturated/α-hetero) is 1. The molecule has 0 aromatic heterocycles. The molecular formula is C17H24FNO2. The summed E-state index contributed by atoms with van der Waals surface area (Å²) >= 11 is 0. The molecule has 0 amide bonds. The van der Waals surface area contributed by atoms with Crippen LogP contribution in [0.4, 0.5) is 4.39 Å². The molecule has 1 fully saturated rings. The lowest BCUT2D eigenvalue weighted by Crippen LogP contribution is -2.37. The van der Waals surface area contributed by atoms with Crippen LogP contribution in [0.2, 0.25) is 0 Å². The van der Waals surface area contributed by atoms with Crippen molar-refractivity contribution in [2.45, 2.75) is 25.7 Å². The lowest BCUT2D eigenvalue weighted by Gasteiger charge is -2.32. The van der Waals surface area contributed by atoms with Crippen molar-refractivity contribution in [2.24, 2.45) is 5.92 Å². The maximum atomic E-state index is 12.8. The Morgan fingerprint density at radius 1 is 1.38 bits per heavy atom. The van der Waals surface area contributed by atoms with Gasteiger partial charge in [0.2, 0.25) is 0 Å². The van der Waals surface area contributed by atoms with Crippen LogP contribution in [0.3, 0.4) is 0 Å². The van der Waals surface area contributed by atoms with Crippen LogP contribution in [0.1, 0.15) is 36.0 Å². The first-order valence-corrected chi connectivity index (χ1v) is 7.69. The fourth-order valence-corrected chi connectivity index (χ4v) is 2.97. The maximum Gasteiger partial charge on any atom is 0.162 e. The van der Waals surface area contributed by atoms with E-state index >= 15 is 0 Å². The molecule has 1 aliphatic rings. The summed E-state index contributed by atoms with van der Waals surface area (Å²) in [5.74, 6) is 0.418. The summed E-state index contributed by atoms with van der Waals surface area (Å²) in [6.45, 7) is 3.96. The number of carbonyl (C=O) groups excluding carboxylic acids is 1. The summed E-state index contributed by atoms with van der Waals surface area (Å²) in [5.41, 5.74) is 0.604. The van der Waals surface area contributed by atoms with Gasteiger partial charge in [0.1, 0.15) is 5.82 Å². The Labute approximate surface area is 126 Å². The normalized spacial score (nSPS) is 19.6. The van der Waals surface area contributed by atoms with E-state index in [9.17, 15) is 9.18 Å². The Balaban J connectivity index is 1.71. The molecule has 0 spiro atoms. The van der Waals surface area contributed by atoms with Gasteiger partial charge in [-0.15, -0.1) is 0 Å². The Morgan fingerprint density at radius 2 is 2.14 bits per heavy atom. The molecule has 0 saturated carbocycles. The van der Waals surface area contributed by atoms with E-state index in [0.717, 1.165) is 32.7 Å². The molecule has 1 atom stereocenters. The molecular weight excluding hydrogens is 269 g/mol. The van der Waals surface area contributed by atoms with Gasteiger partial charge in [0.25, 0.3) is 0 Å². The van der Waals surface area contributed by atoms with Gasteiger partial charge in [-0.05, 0) is 62.5 Å². The number of benzene rings is 1. The van der Waals surface area contributed by atoms with Crippen LogP contribution >= 0.6 is 0 Å². The molecule has 1 unspecified atom stereocenters. The average Bonchev–Trinajstić information content (AvgIpc) is 2.48. The monoisotopic (exact) mass is 293 g/mol. The van der Waals surface area contributed by atoms with Gasteiger partial charge in [-0.3, -0.25) is 4.79 Å². The molecule has 1 aromatic carbocycles. The van der Waals surface area contributed by atoms with Gasteiger partial charge in [0, 0.05) is 25.6 Å². The molecule has 3 nitrogen and oxygen atoms in total. The molecule has 4 heteroatoms. The number of methoxy groups -OCH3 is 1. The summed E-state index contributed by atoms with van der Waals surface area (Å²) < 4.78 is 18.0. The highest BCUT2D eigenvalue weighted by atomic mass is 19.1. The predicted octanol–water partition coefficient (Wildman–Crippen LogP) is 3.15. The Bertz CT molecular complexity index is 445. The van der Waals surface area contributed by atoms with E-state index in [1.54, 1.807) is 19.2 Å². The van der Waals surface area contributed by atoms with Gasteiger partial charge in [0.15, 0.2) is 5.78 Å². The van der Waals surface area contributed by atoms with Gasteiger partial charge in [-0.25, -0.2) is 4.39 Å². The Hall–Kier alpha value is -1.26. The van der Waals surface area contributed by atoms with Gasteiger partial charge in [0.05, 0.1) is 6.61 Å². The quantitative estimate of drug-likeness (QED) is 0.723. The van der Waals surface area contributed by atoms with E-state index < -0.39 is 0 Å². The fourth-order valence-electron chi connectivity index (χ4n) is 2.97. The number of rotatable bonds is 7. The number of hydrogen-bond donors (Lipinski definition) is 0. The zero-order valence-electron chi connectivity index (χ0n) is 12.7. The fraction of sp³-hybridized carbons (Fsp3) is 0.588. The highest BCUT2D eigenvalue weighted by Gasteiger charge is 2.19. The number of hydrogen-bond acceptors (Lipinski definition) is 3. The van der Waals surface area contributed by atoms with E-state index in [1.807, 2.05) is 0 Å². The Kier molecular flexibility index (Phi) is 6.33. The van der Waals surface area contributed by atoms with Crippen molar-refractivity contribution in [1.29, 1.82) is 0 Å². The molecule has 21 heavy (non-hydrogen) atoms. The average molecular weight is 293 g/mol. The molecule has 116 valence electrons. The molecule has 1 heterocycles. The van der Waals surface area contributed by atoms with Crippen LogP contribution in [0.5, 0.6) is 0 Å². The van der Waals surface area contributed by atoms with Crippen molar-refractivity contribution in [3.05, 3.63) is 35.6 Å². The smallest absolute Gasteiger partial charge is 0.162 e. The second-order valence-electron chi connectivity index (χ2n) is 5.80. The zero-order chi connectivity index (χ0) is 15.1. The van der Waals surface area contributed by atoms with Crippen LogP contribution in [-0.4, -0.2) is 44.0 Å². The molecule has 0 bridgehead atoms. The third-order valence-electron chi connectivity index (χ3n) is 4.05. The van der Waals surface area contributed by atoms with Crippen LogP contribution in [0.15, 0.2) is 24.3 Å². The lowest BCUT2D eigenvalue weighted by atomic mass is 9.98. The number of piperidine rings is 1. The number of carbonyl (C=O) groups is 1. The summed E-state index contributed by atoms with van der Waals surface area (Å²) in [4.78, 5) is 14.4. The lowest BCUT2D eigenvalue weighted by molar-refractivity contribution is 0.0869. The highest BCUT2D eigenvalue weighted by molar-refractivity contribution is 5.95. The van der Waals surface area contributed by atoms with Crippen LogP contribution in [0, 0.1) is 11.7 Å². The van der Waals surface area contributed by atoms with Crippen molar-refractivity contribution in [2.75, 3.05) is 33.4 Å². The third-order valence-corrected chi connectivity index (χ3v) is 4.05. The van der Waals surface area contributed by atoms with Crippen molar-refractivity contribution >= 4 is 5.78 Å². The summed E-state index contributed by atoms with van der Waals surface area (Å²) in [6.07, 6.45) is 3.83.